The first-order chi connectivity index (χ1) is 15.3. The highest BCUT2D eigenvalue weighted by molar-refractivity contribution is 5.80. The van der Waals surface area contributed by atoms with Gasteiger partial charge >= 0.3 is 0 Å². The van der Waals surface area contributed by atoms with Gasteiger partial charge in [-0.3, -0.25) is 0 Å². The van der Waals surface area contributed by atoms with E-state index < -0.39 is 0 Å². The lowest BCUT2D eigenvalue weighted by Gasteiger charge is -2.15. The highest BCUT2D eigenvalue weighted by Gasteiger charge is 2.09. The van der Waals surface area contributed by atoms with E-state index >= 15 is 0 Å². The van der Waals surface area contributed by atoms with Crippen molar-refractivity contribution in [1.82, 2.24) is 0 Å². The van der Waals surface area contributed by atoms with Crippen LogP contribution in [0.25, 0.3) is 16.7 Å². The molecule has 0 amide bonds. The quantitative estimate of drug-likeness (QED) is 0.213. The summed E-state index contributed by atoms with van der Waals surface area (Å²) in [7, 11) is 0. The molecule has 0 aliphatic heterocycles. The van der Waals surface area contributed by atoms with E-state index in [0.29, 0.717) is 17.4 Å². The Morgan fingerprint density at radius 1 is 0.969 bits per heavy atom. The van der Waals surface area contributed by atoms with Crippen molar-refractivity contribution < 1.29 is 9.94 Å². The predicted molar refractivity (Wildman–Crippen MR) is 137 cm³/mol. The minimum atomic E-state index is 0.294. The van der Waals surface area contributed by atoms with Crippen molar-refractivity contribution >= 4 is 11.3 Å². The lowest BCUT2D eigenvalue weighted by molar-refractivity contribution is 0.334. The van der Waals surface area contributed by atoms with Gasteiger partial charge in [0.1, 0.15) is 11.5 Å². The Labute approximate surface area is 192 Å². The summed E-state index contributed by atoms with van der Waals surface area (Å²) >= 11 is 0. The number of hydrogen-bond donors (Lipinski definition) is 3. The molecule has 0 unspecified atom stereocenters. The molecule has 0 aliphatic carbocycles. The van der Waals surface area contributed by atoms with Crippen LogP contribution < -0.4 is 16.1 Å². The van der Waals surface area contributed by atoms with Crippen LogP contribution in [0, 0.1) is 5.92 Å². The molecule has 4 heteroatoms. The van der Waals surface area contributed by atoms with Gasteiger partial charge < -0.3 is 15.3 Å². The first-order valence-corrected chi connectivity index (χ1v) is 10.7. The van der Waals surface area contributed by atoms with Gasteiger partial charge in [0.05, 0.1) is 5.69 Å². The Balaban J connectivity index is 0.000000233. The second kappa shape index (κ2) is 12.4. The maximum Gasteiger partial charge on any atom is 0.146 e. The first-order valence-electron chi connectivity index (χ1n) is 10.7. The number of benzene rings is 3. The van der Waals surface area contributed by atoms with Gasteiger partial charge in [-0.15, -0.1) is 0 Å². The van der Waals surface area contributed by atoms with Crippen LogP contribution in [0.5, 0.6) is 11.5 Å². The van der Waals surface area contributed by atoms with Crippen LogP contribution in [0.2, 0.25) is 0 Å². The molecule has 0 fully saturated rings. The van der Waals surface area contributed by atoms with Gasteiger partial charge in [0, 0.05) is 12.1 Å². The Morgan fingerprint density at radius 2 is 1.59 bits per heavy atom. The number of phenols is 1. The molecule has 4 N–H and O–H groups in total. The molecule has 0 saturated carbocycles. The van der Waals surface area contributed by atoms with Crippen molar-refractivity contribution in [3.05, 3.63) is 96.6 Å². The molecule has 0 spiro atoms. The minimum Gasteiger partial charge on any atom is -0.506 e. The van der Waals surface area contributed by atoms with Crippen molar-refractivity contribution in [3.63, 3.8) is 0 Å². The lowest BCUT2D eigenvalue weighted by atomic mass is 10.0. The average molecular weight is 431 g/mol. The monoisotopic (exact) mass is 430 g/mol. The van der Waals surface area contributed by atoms with E-state index in [2.05, 4.69) is 42.7 Å². The highest BCUT2D eigenvalue weighted by Crippen LogP contribution is 2.32. The molecule has 3 aromatic rings. The Morgan fingerprint density at radius 3 is 2.16 bits per heavy atom. The van der Waals surface area contributed by atoms with Crippen LogP contribution in [0.3, 0.4) is 0 Å². The Bertz CT molecular complexity index is 1020. The average Bonchev–Trinajstić information content (AvgIpc) is 2.78. The molecule has 4 nitrogen and oxygen atoms in total. The normalized spacial score (nSPS) is 10.9. The van der Waals surface area contributed by atoms with E-state index in [0.717, 1.165) is 34.5 Å². The van der Waals surface area contributed by atoms with Crippen LogP contribution in [0.1, 0.15) is 33.3 Å². The topological polar surface area (TPSA) is 67.5 Å². The van der Waals surface area contributed by atoms with Crippen molar-refractivity contribution in [2.24, 2.45) is 11.8 Å². The summed E-state index contributed by atoms with van der Waals surface area (Å²) in [6.07, 6.45) is 2.02. The second-order valence-corrected chi connectivity index (χ2v) is 8.16. The van der Waals surface area contributed by atoms with Gasteiger partial charge in [-0.2, -0.15) is 5.90 Å². The number of rotatable bonds is 7. The molecular weight excluding hydrogens is 396 g/mol. The van der Waals surface area contributed by atoms with E-state index in [1.807, 2.05) is 74.5 Å². The molecule has 0 bridgehead atoms. The highest BCUT2D eigenvalue weighted by atomic mass is 16.6. The van der Waals surface area contributed by atoms with Crippen LogP contribution in [0.4, 0.5) is 5.69 Å². The number of nitrogens with one attached hydrogen (secondary N) is 1. The smallest absolute Gasteiger partial charge is 0.146 e. The van der Waals surface area contributed by atoms with Crippen molar-refractivity contribution in [3.8, 4) is 22.6 Å². The number of para-hydroxylation sites is 1. The number of anilines is 1. The lowest BCUT2D eigenvalue weighted by Crippen LogP contribution is -2.09. The summed E-state index contributed by atoms with van der Waals surface area (Å²) in [5.41, 5.74) is 6.29. The van der Waals surface area contributed by atoms with E-state index in [-0.39, 0.29) is 0 Å². The standard InChI is InChI=1S/C16H23NO.C12H11NO/c1-11(2)9-13(5)14-7-6-8-15(18)16(14)17-10-12(3)4;13-14-12-8-6-11(7-9-12)10-4-2-1-3-5-10/h6-9,12,17-18H,1,10H2,2-5H3;1-9H,13H2/b13-9-;. The fraction of sp³-hybridized carbons (Fsp3) is 0.214. The van der Waals surface area contributed by atoms with E-state index in [1.54, 1.807) is 6.07 Å². The second-order valence-electron chi connectivity index (χ2n) is 8.16. The maximum atomic E-state index is 9.98. The molecule has 0 atom stereocenters. The molecule has 0 aromatic heterocycles. The summed E-state index contributed by atoms with van der Waals surface area (Å²) in [4.78, 5) is 4.61. The third kappa shape index (κ3) is 7.64. The first kappa shape index (κ1) is 24.8. The largest absolute Gasteiger partial charge is 0.506 e. The predicted octanol–water partition coefficient (Wildman–Crippen LogP) is 7.05. The van der Waals surface area contributed by atoms with Gasteiger partial charge in [0.25, 0.3) is 0 Å². The number of allylic oxidation sites excluding steroid dienone is 3. The third-order valence-corrected chi connectivity index (χ3v) is 4.71. The molecule has 0 aliphatic rings. The van der Waals surface area contributed by atoms with Crippen LogP contribution >= 0.6 is 0 Å². The summed E-state index contributed by atoms with van der Waals surface area (Å²) < 4.78 is 0. The summed E-state index contributed by atoms with van der Waals surface area (Å²) in [6.45, 7) is 13.0. The van der Waals surface area contributed by atoms with Crippen molar-refractivity contribution in [2.45, 2.75) is 27.7 Å². The summed E-state index contributed by atoms with van der Waals surface area (Å²) in [5, 5.41) is 13.3. The molecule has 0 heterocycles. The van der Waals surface area contributed by atoms with Gasteiger partial charge in [0.15, 0.2) is 0 Å². The van der Waals surface area contributed by atoms with Gasteiger partial charge in [-0.1, -0.05) is 86.7 Å². The van der Waals surface area contributed by atoms with Crippen LogP contribution in [-0.2, 0) is 0 Å². The molecule has 3 aromatic carbocycles. The molecule has 3 rings (SSSR count). The minimum absolute atomic E-state index is 0.294. The van der Waals surface area contributed by atoms with Crippen LogP contribution in [0.15, 0.2) is 91.0 Å². The molecule has 32 heavy (non-hydrogen) atoms. The fourth-order valence-electron chi connectivity index (χ4n) is 3.16. The molecule has 168 valence electrons. The van der Waals surface area contributed by atoms with E-state index in [4.69, 9.17) is 5.90 Å². The number of phenolic OH excluding ortho intramolecular Hbond substituents is 1. The Kier molecular flexibility index (Phi) is 9.58. The van der Waals surface area contributed by atoms with Gasteiger partial charge in [0.2, 0.25) is 0 Å². The van der Waals surface area contributed by atoms with Crippen molar-refractivity contribution in [1.29, 1.82) is 0 Å². The number of aromatic hydroxyl groups is 1. The zero-order valence-electron chi connectivity index (χ0n) is 19.4. The molecule has 0 radical (unpaired) electrons. The molecule has 0 saturated heterocycles. The summed E-state index contributed by atoms with van der Waals surface area (Å²) in [6, 6.07) is 23.4. The van der Waals surface area contributed by atoms with Gasteiger partial charge in [-0.25, -0.2) is 0 Å². The number of nitrogens with two attached hydrogens (primary N) is 1. The van der Waals surface area contributed by atoms with Crippen molar-refractivity contribution in [2.75, 3.05) is 11.9 Å². The van der Waals surface area contributed by atoms with E-state index in [9.17, 15) is 5.11 Å². The van der Waals surface area contributed by atoms with E-state index in [1.165, 1.54) is 5.56 Å². The zero-order valence-corrected chi connectivity index (χ0v) is 19.4. The number of hydrogen-bond acceptors (Lipinski definition) is 4. The zero-order chi connectivity index (χ0) is 23.5. The third-order valence-electron chi connectivity index (χ3n) is 4.71. The summed E-state index contributed by atoms with van der Waals surface area (Å²) in [5.74, 6) is 6.53. The molecular formula is C28H34N2O2. The SMILES string of the molecule is C=C(C)/C=C(/C)c1cccc(O)c1NCC(C)C.NOc1ccc(-c2ccccc2)cc1. The van der Waals surface area contributed by atoms with Gasteiger partial charge in [-0.05, 0) is 54.7 Å². The Hall–Kier alpha value is -3.50. The fourth-order valence-corrected chi connectivity index (χ4v) is 3.16. The van der Waals surface area contributed by atoms with Crippen LogP contribution in [-0.4, -0.2) is 11.7 Å². The maximum absolute atomic E-state index is 9.98.